The third kappa shape index (κ3) is 7.54. The topological polar surface area (TPSA) is 50.1 Å². The molecule has 0 atom stereocenters. The maximum Gasteiger partial charge on any atom is 0.130 e. The Balaban J connectivity index is 0.000000409. The second kappa shape index (κ2) is 13.9. The lowest BCUT2D eigenvalue weighted by Crippen LogP contribution is -2.03. The van der Waals surface area contributed by atoms with Gasteiger partial charge in [0.25, 0.3) is 0 Å². The summed E-state index contributed by atoms with van der Waals surface area (Å²) < 4.78 is 14.9. The molecule has 0 aliphatic rings. The number of halogens is 1. The van der Waals surface area contributed by atoms with E-state index in [2.05, 4.69) is 10.4 Å². The van der Waals surface area contributed by atoms with Gasteiger partial charge in [-0.25, -0.2) is 9.07 Å². The van der Waals surface area contributed by atoms with E-state index in [-0.39, 0.29) is 12.4 Å². The molecule has 166 valence electrons. The van der Waals surface area contributed by atoms with E-state index in [1.165, 1.54) is 12.1 Å². The minimum absolute atomic E-state index is 0.140. The quantitative estimate of drug-likeness (QED) is 0.457. The molecule has 2 aromatic carbocycles. The first kappa shape index (κ1) is 25.9. The Morgan fingerprint density at radius 1 is 1.10 bits per heavy atom. The van der Waals surface area contributed by atoms with Crippen LogP contribution in [0.25, 0.3) is 16.9 Å². The number of hydrogen-bond donors (Lipinski definition) is 2. The van der Waals surface area contributed by atoms with Gasteiger partial charge in [-0.1, -0.05) is 50.3 Å². The summed E-state index contributed by atoms with van der Waals surface area (Å²) in [6.07, 6.45) is 5.69. The van der Waals surface area contributed by atoms with Crippen molar-refractivity contribution in [1.29, 1.82) is 0 Å². The van der Waals surface area contributed by atoms with Crippen LogP contribution in [0.5, 0.6) is 0 Å². The van der Waals surface area contributed by atoms with Crippen LogP contribution in [0.1, 0.15) is 33.3 Å². The fraction of sp³-hybridized carbons (Fsp3) is 0.269. The Hall–Kier alpha value is -3.18. The summed E-state index contributed by atoms with van der Waals surface area (Å²) in [6.45, 7) is 10.0. The van der Waals surface area contributed by atoms with Crippen molar-refractivity contribution in [3.63, 3.8) is 0 Å². The number of aliphatic hydroxyl groups is 1. The van der Waals surface area contributed by atoms with Crippen LogP contribution in [-0.2, 0) is 0 Å². The minimum Gasteiger partial charge on any atom is -0.392 e. The van der Waals surface area contributed by atoms with Crippen molar-refractivity contribution in [3.8, 4) is 16.9 Å². The molecule has 0 fully saturated rings. The molecule has 0 spiro atoms. The largest absolute Gasteiger partial charge is 0.392 e. The Morgan fingerprint density at radius 3 is 2.23 bits per heavy atom. The molecule has 0 saturated carbocycles. The van der Waals surface area contributed by atoms with Gasteiger partial charge in [-0.15, -0.1) is 0 Å². The van der Waals surface area contributed by atoms with E-state index in [9.17, 15) is 4.39 Å². The van der Waals surface area contributed by atoms with Gasteiger partial charge < -0.3 is 10.4 Å². The Morgan fingerprint density at radius 2 is 1.74 bits per heavy atom. The number of aryl methyl sites for hydroxylation is 1. The van der Waals surface area contributed by atoms with Gasteiger partial charge in [0, 0.05) is 18.7 Å². The first-order valence-corrected chi connectivity index (χ1v) is 10.5. The number of hydrogen-bond acceptors (Lipinski definition) is 3. The average molecular weight is 424 g/mol. The minimum atomic E-state index is -0.245. The lowest BCUT2D eigenvalue weighted by atomic mass is 10.1. The Kier molecular flexibility index (Phi) is 11.6. The molecule has 0 unspecified atom stereocenters. The fourth-order valence-corrected chi connectivity index (χ4v) is 2.76. The zero-order valence-corrected chi connectivity index (χ0v) is 19.4. The summed E-state index contributed by atoms with van der Waals surface area (Å²) in [4.78, 5) is 0. The summed E-state index contributed by atoms with van der Waals surface area (Å²) >= 11 is 0. The second-order valence-corrected chi connectivity index (χ2v) is 6.39. The zero-order valence-electron chi connectivity index (χ0n) is 19.4. The van der Waals surface area contributed by atoms with E-state index < -0.39 is 0 Å². The molecule has 4 nitrogen and oxygen atoms in total. The number of anilines is 1. The molecule has 5 heteroatoms. The summed E-state index contributed by atoms with van der Waals surface area (Å²) in [6, 6.07) is 16.4. The van der Waals surface area contributed by atoms with E-state index in [0.717, 1.165) is 33.9 Å². The monoisotopic (exact) mass is 423 g/mol. The molecular formula is C26H34FN3O. The standard InChI is InChI=1S/C17H16FN3.C7H12O.C2H6/c1-12-5-3-4-6-16(12)21-17(19-2)11-15(20-21)13-7-9-14(18)10-8-13;1-3-5-7(4-2)6-8;1-2/h3-11,19H,1-2H3;3-5,8H,6H2,1-2H3;1-2H3/b;5-3-,7-4+;. The SMILES string of the molecule is C/C=C\C(=C/C)CO.CC.CNc1cc(-c2ccc(F)cc2)nn1-c1ccccc1C. The molecule has 0 aliphatic heterocycles. The van der Waals surface area contributed by atoms with Gasteiger partial charge in [0.05, 0.1) is 18.0 Å². The van der Waals surface area contributed by atoms with Gasteiger partial charge in [0.15, 0.2) is 0 Å². The van der Waals surface area contributed by atoms with E-state index in [1.54, 1.807) is 12.1 Å². The average Bonchev–Trinajstić information content (AvgIpc) is 3.24. The lowest BCUT2D eigenvalue weighted by Gasteiger charge is -2.09. The van der Waals surface area contributed by atoms with Crippen molar-refractivity contribution in [2.75, 3.05) is 19.0 Å². The van der Waals surface area contributed by atoms with Crippen LogP contribution in [0, 0.1) is 12.7 Å². The van der Waals surface area contributed by atoms with Gasteiger partial charge in [-0.2, -0.15) is 5.10 Å². The van der Waals surface area contributed by atoms with Crippen LogP contribution in [-0.4, -0.2) is 28.5 Å². The highest BCUT2D eigenvalue weighted by Gasteiger charge is 2.11. The number of rotatable bonds is 5. The van der Waals surface area contributed by atoms with Gasteiger partial charge >= 0.3 is 0 Å². The fourth-order valence-electron chi connectivity index (χ4n) is 2.76. The van der Waals surface area contributed by atoms with Crippen LogP contribution >= 0.6 is 0 Å². The van der Waals surface area contributed by atoms with Crippen molar-refractivity contribution in [3.05, 3.63) is 89.8 Å². The van der Waals surface area contributed by atoms with Gasteiger partial charge in [0.1, 0.15) is 11.6 Å². The molecule has 0 bridgehead atoms. The summed E-state index contributed by atoms with van der Waals surface area (Å²) in [5.74, 6) is 0.648. The van der Waals surface area contributed by atoms with Crippen molar-refractivity contribution >= 4 is 5.82 Å². The first-order valence-electron chi connectivity index (χ1n) is 10.5. The second-order valence-electron chi connectivity index (χ2n) is 6.39. The Bertz CT molecular complexity index is 970. The van der Waals surface area contributed by atoms with Crippen LogP contribution in [0.2, 0.25) is 0 Å². The van der Waals surface area contributed by atoms with Crippen molar-refractivity contribution in [2.24, 2.45) is 0 Å². The van der Waals surface area contributed by atoms with Crippen molar-refractivity contribution in [2.45, 2.75) is 34.6 Å². The number of para-hydroxylation sites is 1. The third-order valence-electron chi connectivity index (χ3n) is 4.38. The van der Waals surface area contributed by atoms with Gasteiger partial charge in [-0.05, 0) is 62.2 Å². The number of aromatic nitrogens is 2. The molecule has 3 rings (SSSR count). The third-order valence-corrected chi connectivity index (χ3v) is 4.38. The molecule has 1 heterocycles. The van der Waals surface area contributed by atoms with Crippen molar-refractivity contribution in [1.82, 2.24) is 9.78 Å². The van der Waals surface area contributed by atoms with Crippen LogP contribution in [0.3, 0.4) is 0 Å². The maximum atomic E-state index is 13.0. The van der Waals surface area contributed by atoms with E-state index in [4.69, 9.17) is 5.11 Å². The first-order chi connectivity index (χ1) is 15.0. The molecule has 0 aliphatic carbocycles. The maximum absolute atomic E-state index is 13.0. The lowest BCUT2D eigenvalue weighted by molar-refractivity contribution is 0.335. The van der Waals surface area contributed by atoms with E-state index in [0.29, 0.717) is 0 Å². The molecule has 0 saturated heterocycles. The molecule has 3 aromatic rings. The predicted octanol–water partition coefficient (Wildman–Crippen LogP) is 6.56. The van der Waals surface area contributed by atoms with E-state index in [1.807, 2.05) is 94.9 Å². The Labute approximate surface area is 185 Å². The highest BCUT2D eigenvalue weighted by atomic mass is 19.1. The number of nitrogens with zero attached hydrogens (tertiary/aromatic N) is 2. The van der Waals surface area contributed by atoms with E-state index >= 15 is 0 Å². The summed E-state index contributed by atoms with van der Waals surface area (Å²) in [5, 5.41) is 16.3. The molecule has 2 N–H and O–H groups in total. The highest BCUT2D eigenvalue weighted by molar-refractivity contribution is 5.65. The van der Waals surface area contributed by atoms with Crippen molar-refractivity contribution < 1.29 is 9.50 Å². The number of nitrogens with one attached hydrogen (secondary N) is 1. The molecular weight excluding hydrogens is 389 g/mol. The highest BCUT2D eigenvalue weighted by Crippen LogP contribution is 2.25. The number of aliphatic hydroxyl groups excluding tert-OH is 1. The van der Waals surface area contributed by atoms with Crippen LogP contribution < -0.4 is 5.32 Å². The van der Waals surface area contributed by atoms with Gasteiger partial charge in [0.2, 0.25) is 0 Å². The van der Waals surface area contributed by atoms with Crippen LogP contribution in [0.4, 0.5) is 10.2 Å². The summed E-state index contributed by atoms with van der Waals surface area (Å²) in [7, 11) is 1.86. The molecule has 1 aromatic heterocycles. The molecule has 31 heavy (non-hydrogen) atoms. The van der Waals surface area contributed by atoms with Crippen LogP contribution in [0.15, 0.2) is 78.4 Å². The molecule has 0 radical (unpaired) electrons. The normalized spacial score (nSPS) is 10.8. The predicted molar refractivity (Wildman–Crippen MR) is 130 cm³/mol. The smallest absolute Gasteiger partial charge is 0.130 e. The number of allylic oxidation sites excluding steroid dienone is 2. The summed E-state index contributed by atoms with van der Waals surface area (Å²) in [5.41, 5.74) is 4.83. The van der Waals surface area contributed by atoms with Gasteiger partial charge in [-0.3, -0.25) is 0 Å². The number of benzene rings is 2. The zero-order chi connectivity index (χ0) is 23.2. The molecule has 0 amide bonds.